The predicted octanol–water partition coefficient (Wildman–Crippen LogP) is 0.968. The van der Waals surface area contributed by atoms with Crippen molar-refractivity contribution in [3.63, 3.8) is 0 Å². The van der Waals surface area contributed by atoms with Crippen LogP contribution in [0.25, 0.3) is 0 Å². The molecule has 0 spiro atoms. The number of halogens is 3. The monoisotopic (exact) mass is 234 g/mol. The number of carboxylic acid groups (broad SMARTS) is 1. The van der Waals surface area contributed by atoms with E-state index in [2.05, 4.69) is 4.98 Å². The lowest BCUT2D eigenvalue weighted by molar-refractivity contribution is -0.201. The predicted molar refractivity (Wildman–Crippen MR) is 48.6 cm³/mol. The number of rotatable bonds is 3. The van der Waals surface area contributed by atoms with E-state index >= 15 is 0 Å². The molecule has 1 atom stereocenters. The molecule has 16 heavy (non-hydrogen) atoms. The van der Waals surface area contributed by atoms with Crippen LogP contribution in [0.5, 0.6) is 0 Å². The third kappa shape index (κ3) is 2.30. The molecule has 1 aromatic heterocycles. The summed E-state index contributed by atoms with van der Waals surface area (Å²) in [7, 11) is 0. The van der Waals surface area contributed by atoms with Gasteiger partial charge in [0.25, 0.3) is 0 Å². The fourth-order valence-corrected chi connectivity index (χ4v) is 1.12. The molecular formula is C9H9F3N2O2. The molecule has 0 aliphatic heterocycles. The highest BCUT2D eigenvalue weighted by Crippen LogP contribution is 2.31. The first-order chi connectivity index (χ1) is 7.27. The third-order valence-corrected chi connectivity index (χ3v) is 2.12. The Bertz CT molecular complexity index is 380. The second-order valence-electron chi connectivity index (χ2n) is 3.31. The minimum atomic E-state index is -5.01. The first-order valence-corrected chi connectivity index (χ1v) is 4.25. The van der Waals surface area contributed by atoms with Gasteiger partial charge >= 0.3 is 12.1 Å². The maximum atomic E-state index is 12.5. The summed E-state index contributed by atoms with van der Waals surface area (Å²) in [6.45, 7) is 0. The average molecular weight is 234 g/mol. The largest absolute Gasteiger partial charge is 0.480 e. The molecule has 1 rings (SSSR count). The zero-order valence-electron chi connectivity index (χ0n) is 8.03. The molecular weight excluding hydrogens is 225 g/mol. The van der Waals surface area contributed by atoms with Gasteiger partial charge in [-0.1, -0.05) is 0 Å². The molecule has 0 aromatic carbocycles. The van der Waals surface area contributed by atoms with E-state index in [4.69, 9.17) is 10.8 Å². The van der Waals surface area contributed by atoms with Crippen molar-refractivity contribution in [2.45, 2.75) is 18.1 Å². The zero-order valence-corrected chi connectivity index (χ0v) is 8.03. The molecule has 0 radical (unpaired) electrons. The summed E-state index contributed by atoms with van der Waals surface area (Å²) in [4.78, 5) is 14.2. The number of aliphatic carboxylic acids is 1. The number of nitrogens with zero attached hydrogens (tertiary/aromatic N) is 1. The number of carbonyl (C=O) groups is 1. The van der Waals surface area contributed by atoms with E-state index in [1.807, 2.05) is 0 Å². The van der Waals surface area contributed by atoms with Crippen molar-refractivity contribution in [1.82, 2.24) is 4.98 Å². The van der Waals surface area contributed by atoms with Crippen LogP contribution in [0.2, 0.25) is 0 Å². The first-order valence-electron chi connectivity index (χ1n) is 4.25. The van der Waals surface area contributed by atoms with Gasteiger partial charge in [0.1, 0.15) is 0 Å². The van der Waals surface area contributed by atoms with Gasteiger partial charge in [-0.05, 0) is 17.7 Å². The normalized spacial score (nSPS) is 15.5. The van der Waals surface area contributed by atoms with Crippen LogP contribution in [-0.2, 0) is 11.2 Å². The summed E-state index contributed by atoms with van der Waals surface area (Å²) in [5.41, 5.74) is 1.80. The zero-order chi connectivity index (χ0) is 12.4. The highest BCUT2D eigenvalue weighted by atomic mass is 19.4. The molecule has 1 unspecified atom stereocenters. The Balaban J connectivity index is 3.03. The number of carboxylic acids is 1. The molecule has 0 aliphatic rings. The molecule has 1 heterocycles. The van der Waals surface area contributed by atoms with Gasteiger partial charge in [-0.25, -0.2) is 4.79 Å². The lowest BCUT2D eigenvalue weighted by atomic mass is 9.92. The molecule has 0 saturated carbocycles. The third-order valence-electron chi connectivity index (χ3n) is 2.12. The summed E-state index contributed by atoms with van der Waals surface area (Å²) >= 11 is 0. The number of hydrogen-bond donors (Lipinski definition) is 2. The highest BCUT2D eigenvalue weighted by Gasteiger charge is 2.58. The van der Waals surface area contributed by atoms with Crippen molar-refractivity contribution in [3.8, 4) is 0 Å². The quantitative estimate of drug-likeness (QED) is 0.816. The molecule has 0 amide bonds. The van der Waals surface area contributed by atoms with E-state index in [0.717, 1.165) is 0 Å². The molecule has 0 fully saturated rings. The summed E-state index contributed by atoms with van der Waals surface area (Å²) in [5, 5.41) is 8.57. The van der Waals surface area contributed by atoms with Gasteiger partial charge in [0, 0.05) is 18.8 Å². The van der Waals surface area contributed by atoms with Gasteiger partial charge < -0.3 is 10.8 Å². The van der Waals surface area contributed by atoms with E-state index < -0.39 is 24.1 Å². The molecule has 1 aromatic rings. The highest BCUT2D eigenvalue weighted by molar-refractivity contribution is 5.80. The maximum Gasteiger partial charge on any atom is 0.417 e. The Morgan fingerprint density at radius 3 is 2.25 bits per heavy atom. The molecule has 7 heteroatoms. The van der Waals surface area contributed by atoms with E-state index in [-0.39, 0.29) is 5.56 Å². The smallest absolute Gasteiger partial charge is 0.417 e. The van der Waals surface area contributed by atoms with Crippen LogP contribution in [-0.4, -0.2) is 27.8 Å². The van der Waals surface area contributed by atoms with Crippen LogP contribution >= 0.6 is 0 Å². The standard InChI is InChI=1S/C9H9F3N2O2/c10-9(11,12)8(13,7(15)16)5-6-1-3-14-4-2-6/h1-4H,5,13H2,(H,15,16). The Morgan fingerprint density at radius 2 is 1.88 bits per heavy atom. The lowest BCUT2D eigenvalue weighted by Gasteiger charge is -2.27. The van der Waals surface area contributed by atoms with Crippen molar-refractivity contribution in [2.24, 2.45) is 5.73 Å². The van der Waals surface area contributed by atoms with Crippen LogP contribution in [0.15, 0.2) is 24.5 Å². The number of hydrogen-bond acceptors (Lipinski definition) is 3. The van der Waals surface area contributed by atoms with Crippen molar-refractivity contribution in [3.05, 3.63) is 30.1 Å². The van der Waals surface area contributed by atoms with Crippen LogP contribution in [0.4, 0.5) is 13.2 Å². The van der Waals surface area contributed by atoms with Gasteiger partial charge in [0.15, 0.2) is 0 Å². The average Bonchev–Trinajstić information content (AvgIpc) is 2.17. The number of aromatic nitrogens is 1. The van der Waals surface area contributed by atoms with E-state index in [0.29, 0.717) is 0 Å². The van der Waals surface area contributed by atoms with Crippen LogP contribution < -0.4 is 5.73 Å². The summed E-state index contributed by atoms with van der Waals surface area (Å²) < 4.78 is 37.6. The molecule has 88 valence electrons. The Labute approximate surface area is 88.9 Å². The van der Waals surface area contributed by atoms with Gasteiger partial charge in [0.2, 0.25) is 5.54 Å². The first kappa shape index (κ1) is 12.4. The van der Waals surface area contributed by atoms with Crippen LogP contribution in [0.3, 0.4) is 0 Å². The molecule has 0 saturated heterocycles. The van der Waals surface area contributed by atoms with Crippen molar-refractivity contribution in [1.29, 1.82) is 0 Å². The fraction of sp³-hybridized carbons (Fsp3) is 0.333. The summed E-state index contributed by atoms with van der Waals surface area (Å²) in [6.07, 6.45) is -3.29. The maximum absolute atomic E-state index is 12.5. The van der Waals surface area contributed by atoms with Crippen LogP contribution in [0, 0.1) is 0 Å². The number of alkyl halides is 3. The topological polar surface area (TPSA) is 76.2 Å². The lowest BCUT2D eigenvalue weighted by Crippen LogP contribution is -2.61. The number of nitrogens with two attached hydrogens (primary N) is 1. The second-order valence-corrected chi connectivity index (χ2v) is 3.31. The molecule has 4 nitrogen and oxygen atoms in total. The van der Waals surface area contributed by atoms with Crippen molar-refractivity contribution >= 4 is 5.97 Å². The second kappa shape index (κ2) is 4.09. The minimum Gasteiger partial charge on any atom is -0.480 e. The van der Waals surface area contributed by atoms with E-state index in [9.17, 15) is 18.0 Å². The number of pyridine rings is 1. The minimum absolute atomic E-state index is 0.164. The Morgan fingerprint density at radius 1 is 1.38 bits per heavy atom. The van der Waals surface area contributed by atoms with Crippen molar-refractivity contribution in [2.75, 3.05) is 0 Å². The van der Waals surface area contributed by atoms with Crippen LogP contribution in [0.1, 0.15) is 5.56 Å². The Hall–Kier alpha value is -1.63. The molecule has 3 N–H and O–H groups in total. The van der Waals surface area contributed by atoms with E-state index in [1.54, 1.807) is 0 Å². The molecule has 0 aliphatic carbocycles. The van der Waals surface area contributed by atoms with Crippen molar-refractivity contribution < 1.29 is 23.1 Å². The SMILES string of the molecule is NC(Cc1ccncc1)(C(=O)O)C(F)(F)F. The van der Waals surface area contributed by atoms with Gasteiger partial charge in [0.05, 0.1) is 0 Å². The molecule has 0 bridgehead atoms. The fourth-order valence-electron chi connectivity index (χ4n) is 1.12. The Kier molecular flexibility index (Phi) is 3.18. The van der Waals surface area contributed by atoms with E-state index in [1.165, 1.54) is 24.5 Å². The summed E-state index contributed by atoms with van der Waals surface area (Å²) in [5.74, 6) is -2.10. The van der Waals surface area contributed by atoms with Gasteiger partial charge in [-0.3, -0.25) is 4.98 Å². The van der Waals surface area contributed by atoms with Gasteiger partial charge in [-0.2, -0.15) is 13.2 Å². The summed E-state index contributed by atoms with van der Waals surface area (Å²) in [6, 6.07) is 2.58. The van der Waals surface area contributed by atoms with Gasteiger partial charge in [-0.15, -0.1) is 0 Å².